The highest BCUT2D eigenvalue weighted by Gasteiger charge is 2.49. The molecule has 1 aliphatic rings. The average molecular weight is 313 g/mol. The van der Waals surface area contributed by atoms with Gasteiger partial charge in [-0.05, 0) is 17.4 Å². The molecule has 0 aromatic heterocycles. The number of hydrogen-bond donors (Lipinski definition) is 0. The van der Waals surface area contributed by atoms with Gasteiger partial charge in [0.25, 0.3) is 15.8 Å². The number of nitrogens with zero attached hydrogens (tertiary/aromatic N) is 1. The van der Waals surface area contributed by atoms with Crippen molar-refractivity contribution in [3.63, 3.8) is 0 Å². The molecule has 0 radical (unpaired) electrons. The number of rotatable bonds is 5. The van der Waals surface area contributed by atoms with Crippen LogP contribution >= 0.6 is 0 Å². The van der Waals surface area contributed by atoms with E-state index >= 15 is 0 Å². The molecule has 0 N–H and O–H groups in total. The van der Waals surface area contributed by atoms with Crippen molar-refractivity contribution in [1.82, 2.24) is 0 Å². The van der Waals surface area contributed by atoms with Gasteiger partial charge in [0.1, 0.15) is 0 Å². The Kier molecular flexibility index (Phi) is 4.08. The predicted molar refractivity (Wildman–Crippen MR) is 78.6 cm³/mol. The van der Waals surface area contributed by atoms with E-state index in [0.717, 1.165) is 0 Å². The molecule has 0 heterocycles. The third kappa shape index (κ3) is 4.01. The smallest absolute Gasteiger partial charge is 0.269 e. The number of non-ortho nitro benzene ring substituents is 1. The summed E-state index contributed by atoms with van der Waals surface area (Å²) >= 11 is 0. The normalized spacial score (nSPS) is 22.0. The third-order valence-corrected chi connectivity index (χ3v) is 4.98. The molecule has 1 fully saturated rings. The number of hydrogen-bond acceptors (Lipinski definition) is 5. The van der Waals surface area contributed by atoms with Crippen LogP contribution in [0, 0.1) is 15.5 Å². The lowest BCUT2D eigenvalue weighted by molar-refractivity contribution is -0.384. The van der Waals surface area contributed by atoms with Crippen LogP contribution in [-0.4, -0.2) is 25.2 Å². The Morgan fingerprint density at radius 1 is 1.38 bits per heavy atom. The molecule has 1 aliphatic carbocycles. The van der Waals surface area contributed by atoms with Crippen molar-refractivity contribution in [3.05, 3.63) is 39.9 Å². The first-order valence-electron chi connectivity index (χ1n) is 6.73. The number of nitro groups is 1. The summed E-state index contributed by atoms with van der Waals surface area (Å²) < 4.78 is 29.3. The molecule has 2 atom stereocenters. The third-order valence-electron chi connectivity index (χ3n) is 3.27. The summed E-state index contributed by atoms with van der Waals surface area (Å²) in [7, 11) is -3.62. The van der Waals surface area contributed by atoms with Gasteiger partial charge < -0.3 is 0 Å². The van der Waals surface area contributed by atoms with Crippen molar-refractivity contribution in [2.45, 2.75) is 38.4 Å². The van der Waals surface area contributed by atoms with E-state index in [-0.39, 0.29) is 23.6 Å². The van der Waals surface area contributed by atoms with E-state index in [1.807, 2.05) is 20.8 Å². The topological polar surface area (TPSA) is 86.5 Å². The highest BCUT2D eigenvalue weighted by Crippen LogP contribution is 2.47. The first-order valence-corrected chi connectivity index (χ1v) is 8.20. The summed E-state index contributed by atoms with van der Waals surface area (Å²) in [5, 5.41) is 10.2. The van der Waals surface area contributed by atoms with Crippen molar-refractivity contribution in [2.24, 2.45) is 5.41 Å². The van der Waals surface area contributed by atoms with Gasteiger partial charge in [0.2, 0.25) is 0 Å². The maximum absolute atomic E-state index is 12.1. The lowest BCUT2D eigenvalue weighted by atomic mass is 9.99. The van der Waals surface area contributed by atoms with Gasteiger partial charge in [-0.25, -0.2) is 0 Å². The van der Waals surface area contributed by atoms with E-state index in [4.69, 9.17) is 4.18 Å². The Balaban J connectivity index is 2.07. The van der Waals surface area contributed by atoms with Crippen LogP contribution in [0.4, 0.5) is 5.69 Å². The highest BCUT2D eigenvalue weighted by atomic mass is 32.2. The lowest BCUT2D eigenvalue weighted by Crippen LogP contribution is -2.21. The molecule has 2 rings (SSSR count). The summed E-state index contributed by atoms with van der Waals surface area (Å²) in [6.07, 6.45) is 0.452. The summed E-state index contributed by atoms with van der Waals surface area (Å²) in [6.45, 7) is 5.82. The second kappa shape index (κ2) is 5.38. The van der Waals surface area contributed by atoms with Gasteiger partial charge in [-0.3, -0.25) is 14.3 Å². The van der Waals surface area contributed by atoms with E-state index in [9.17, 15) is 18.5 Å². The van der Waals surface area contributed by atoms with Crippen LogP contribution in [0.2, 0.25) is 0 Å². The average Bonchev–Trinajstić information content (AvgIpc) is 3.17. The van der Waals surface area contributed by atoms with Crippen molar-refractivity contribution in [1.29, 1.82) is 0 Å². The van der Waals surface area contributed by atoms with Crippen LogP contribution in [0.15, 0.2) is 24.3 Å². The molecule has 0 aliphatic heterocycles. The molecular formula is C14H19NO5S. The van der Waals surface area contributed by atoms with Crippen molar-refractivity contribution in [2.75, 3.05) is 6.61 Å². The van der Waals surface area contributed by atoms with Crippen LogP contribution in [0.1, 0.15) is 38.7 Å². The first kappa shape index (κ1) is 15.9. The zero-order chi connectivity index (χ0) is 15.8. The number of benzene rings is 1. The summed E-state index contributed by atoms with van der Waals surface area (Å²) in [5.74, 6) is -0.213. The van der Waals surface area contributed by atoms with E-state index in [1.54, 1.807) is 12.1 Å². The van der Waals surface area contributed by atoms with E-state index in [0.29, 0.717) is 12.0 Å². The molecule has 0 saturated heterocycles. The second-order valence-electron chi connectivity index (χ2n) is 6.55. The fourth-order valence-electron chi connectivity index (χ4n) is 2.06. The van der Waals surface area contributed by atoms with Gasteiger partial charge in [-0.1, -0.05) is 32.9 Å². The van der Waals surface area contributed by atoms with E-state index in [2.05, 4.69) is 0 Å². The molecule has 1 aromatic carbocycles. The SMILES string of the molecule is CC(C)(C)COS(=O)(=O)[C@@H]1C[C@@H]1c1cccc([N+](=O)[O-])c1. The Bertz CT molecular complexity index is 648. The molecule has 116 valence electrons. The largest absolute Gasteiger partial charge is 0.270 e. The minimum absolute atomic E-state index is 0.0221. The molecule has 0 unspecified atom stereocenters. The monoisotopic (exact) mass is 313 g/mol. The molecule has 0 amide bonds. The lowest BCUT2D eigenvalue weighted by Gasteiger charge is -2.17. The second-order valence-corrected chi connectivity index (χ2v) is 8.38. The van der Waals surface area contributed by atoms with Crippen LogP contribution < -0.4 is 0 Å². The fourth-order valence-corrected chi connectivity index (χ4v) is 3.75. The minimum Gasteiger partial charge on any atom is -0.269 e. The number of nitro benzene ring substituents is 1. The van der Waals surface area contributed by atoms with Crippen LogP contribution in [0.5, 0.6) is 0 Å². The van der Waals surface area contributed by atoms with Crippen LogP contribution in [0.3, 0.4) is 0 Å². The van der Waals surface area contributed by atoms with Crippen molar-refractivity contribution >= 4 is 15.8 Å². The molecular weight excluding hydrogens is 294 g/mol. The highest BCUT2D eigenvalue weighted by molar-refractivity contribution is 7.87. The van der Waals surface area contributed by atoms with E-state index < -0.39 is 20.3 Å². The van der Waals surface area contributed by atoms with Gasteiger partial charge in [0.05, 0.1) is 16.8 Å². The van der Waals surface area contributed by atoms with E-state index in [1.165, 1.54) is 12.1 Å². The summed E-state index contributed by atoms with van der Waals surface area (Å²) in [4.78, 5) is 10.3. The quantitative estimate of drug-likeness (QED) is 0.474. The van der Waals surface area contributed by atoms with Crippen molar-refractivity contribution in [3.8, 4) is 0 Å². The van der Waals surface area contributed by atoms with Gasteiger partial charge in [-0.15, -0.1) is 0 Å². The summed E-state index contributed by atoms with van der Waals surface area (Å²) in [6, 6.07) is 6.12. The van der Waals surface area contributed by atoms with Gasteiger partial charge in [0, 0.05) is 18.1 Å². The molecule has 21 heavy (non-hydrogen) atoms. The Hall–Kier alpha value is -1.47. The molecule has 0 spiro atoms. The Morgan fingerprint density at radius 2 is 2.05 bits per heavy atom. The zero-order valence-electron chi connectivity index (χ0n) is 12.3. The van der Waals surface area contributed by atoms with Crippen LogP contribution in [-0.2, 0) is 14.3 Å². The van der Waals surface area contributed by atoms with Gasteiger partial charge in [-0.2, -0.15) is 8.42 Å². The molecule has 1 saturated carbocycles. The maximum Gasteiger partial charge on any atom is 0.270 e. The van der Waals surface area contributed by atoms with Gasteiger partial charge in [0.15, 0.2) is 0 Å². The Morgan fingerprint density at radius 3 is 2.62 bits per heavy atom. The summed E-state index contributed by atoms with van der Waals surface area (Å²) in [5.41, 5.74) is 0.423. The maximum atomic E-state index is 12.1. The molecule has 0 bridgehead atoms. The van der Waals surface area contributed by atoms with Crippen LogP contribution in [0.25, 0.3) is 0 Å². The Labute approximate surface area is 124 Å². The fraction of sp³-hybridized carbons (Fsp3) is 0.571. The predicted octanol–water partition coefficient (Wildman–Crippen LogP) is 2.84. The minimum atomic E-state index is -3.62. The first-order chi connectivity index (χ1) is 9.60. The van der Waals surface area contributed by atoms with Crippen molar-refractivity contribution < 1.29 is 17.5 Å². The zero-order valence-corrected chi connectivity index (χ0v) is 13.1. The molecule has 6 nitrogen and oxygen atoms in total. The molecule has 7 heteroatoms. The van der Waals surface area contributed by atoms with Gasteiger partial charge >= 0.3 is 0 Å². The molecule has 1 aromatic rings. The standard InChI is InChI=1S/C14H19NO5S/c1-14(2,3)9-20-21(18,19)13-8-12(13)10-5-4-6-11(7-10)15(16)17/h4-7,12-13H,8-9H2,1-3H3/t12-,13-/m1/s1.